The zero-order valence-corrected chi connectivity index (χ0v) is 16.2. The molecule has 10 heteroatoms. The predicted molar refractivity (Wildman–Crippen MR) is 109 cm³/mol. The Balaban J connectivity index is 1.75. The van der Waals surface area contributed by atoms with Crippen molar-refractivity contribution in [2.45, 2.75) is 13.0 Å². The Labute approximate surface area is 171 Å². The maximum atomic E-state index is 13.3. The third-order valence-corrected chi connectivity index (χ3v) is 4.81. The lowest BCUT2D eigenvalue weighted by Gasteiger charge is -2.28. The first-order valence-corrected chi connectivity index (χ1v) is 9.05. The number of benzene rings is 2. The van der Waals surface area contributed by atoms with Crippen LogP contribution in [0.2, 0.25) is 0 Å². The van der Waals surface area contributed by atoms with Crippen molar-refractivity contribution < 1.29 is 14.5 Å². The van der Waals surface area contributed by atoms with E-state index < -0.39 is 11.0 Å². The minimum absolute atomic E-state index is 0.0350. The highest BCUT2D eigenvalue weighted by molar-refractivity contribution is 6.06. The number of nitrogens with one attached hydrogen (secondary N) is 2. The van der Waals surface area contributed by atoms with Gasteiger partial charge in [-0.25, -0.2) is 4.68 Å². The highest BCUT2D eigenvalue weighted by atomic mass is 16.6. The van der Waals surface area contributed by atoms with Crippen LogP contribution in [0.5, 0.6) is 5.75 Å². The normalized spacial score (nSPS) is 15.2. The van der Waals surface area contributed by atoms with Crippen molar-refractivity contribution in [1.82, 2.24) is 14.8 Å². The molecule has 0 saturated carbocycles. The van der Waals surface area contributed by atoms with Crippen molar-refractivity contribution in [2.24, 2.45) is 0 Å². The molecule has 0 saturated heterocycles. The molecular formula is C20H18N6O4. The molecule has 2 aromatic carbocycles. The van der Waals surface area contributed by atoms with Crippen LogP contribution < -0.4 is 15.4 Å². The van der Waals surface area contributed by atoms with E-state index in [-0.39, 0.29) is 11.6 Å². The largest absolute Gasteiger partial charge is 0.495 e. The number of carbonyl (C=O) groups is 1. The van der Waals surface area contributed by atoms with E-state index >= 15 is 0 Å². The van der Waals surface area contributed by atoms with Gasteiger partial charge in [0.25, 0.3) is 11.6 Å². The maximum absolute atomic E-state index is 13.3. The second kappa shape index (κ2) is 7.66. The van der Waals surface area contributed by atoms with E-state index in [2.05, 4.69) is 20.7 Å². The average molecular weight is 406 g/mol. The molecule has 3 aromatic rings. The van der Waals surface area contributed by atoms with Gasteiger partial charge in [0.05, 0.1) is 23.3 Å². The number of rotatable bonds is 5. The van der Waals surface area contributed by atoms with Gasteiger partial charge in [-0.3, -0.25) is 14.9 Å². The summed E-state index contributed by atoms with van der Waals surface area (Å²) in [5.41, 5.74) is 2.17. The zero-order chi connectivity index (χ0) is 21.3. The molecule has 0 spiro atoms. The highest BCUT2D eigenvalue weighted by Crippen LogP contribution is 2.36. The van der Waals surface area contributed by atoms with Crippen molar-refractivity contribution in [3.63, 3.8) is 0 Å². The fourth-order valence-corrected chi connectivity index (χ4v) is 3.41. The number of nitrogens with zero attached hydrogens (tertiary/aromatic N) is 4. The van der Waals surface area contributed by atoms with Gasteiger partial charge in [-0.2, -0.15) is 10.1 Å². The van der Waals surface area contributed by atoms with Gasteiger partial charge in [0, 0.05) is 17.8 Å². The number of nitro groups is 1. The van der Waals surface area contributed by atoms with Crippen LogP contribution in [0.1, 0.15) is 18.5 Å². The van der Waals surface area contributed by atoms with Crippen LogP contribution in [0, 0.1) is 10.1 Å². The van der Waals surface area contributed by atoms with Crippen molar-refractivity contribution >= 4 is 23.2 Å². The van der Waals surface area contributed by atoms with Crippen LogP contribution in [0.3, 0.4) is 0 Å². The Morgan fingerprint density at radius 2 is 1.97 bits per heavy atom. The van der Waals surface area contributed by atoms with Gasteiger partial charge in [0.2, 0.25) is 5.95 Å². The minimum atomic E-state index is -0.612. The van der Waals surface area contributed by atoms with E-state index in [0.29, 0.717) is 34.2 Å². The Morgan fingerprint density at radius 1 is 1.23 bits per heavy atom. The number of nitro benzene ring substituents is 1. The Hall–Kier alpha value is -4.21. The third kappa shape index (κ3) is 3.34. The molecule has 0 radical (unpaired) electrons. The molecule has 2 heterocycles. The summed E-state index contributed by atoms with van der Waals surface area (Å²) < 4.78 is 6.89. The van der Waals surface area contributed by atoms with E-state index in [1.807, 2.05) is 6.07 Å². The van der Waals surface area contributed by atoms with Gasteiger partial charge in [0.1, 0.15) is 18.1 Å². The molecule has 1 aromatic heterocycles. The van der Waals surface area contributed by atoms with Crippen LogP contribution in [-0.2, 0) is 4.79 Å². The monoisotopic (exact) mass is 406 g/mol. The van der Waals surface area contributed by atoms with Crippen LogP contribution in [0.25, 0.3) is 0 Å². The number of carbonyl (C=O) groups excluding carboxylic acids is 1. The molecule has 152 valence electrons. The molecule has 4 rings (SSSR count). The summed E-state index contributed by atoms with van der Waals surface area (Å²) in [5.74, 6) is 0.653. The van der Waals surface area contributed by atoms with Gasteiger partial charge < -0.3 is 15.4 Å². The molecule has 30 heavy (non-hydrogen) atoms. The highest BCUT2D eigenvalue weighted by Gasteiger charge is 2.33. The van der Waals surface area contributed by atoms with Crippen molar-refractivity contribution in [3.8, 4) is 5.75 Å². The number of hydrogen-bond acceptors (Lipinski definition) is 7. The molecular weight excluding hydrogens is 388 g/mol. The standard InChI is InChI=1S/C20H18N6O4/c1-12-17(19(27)24-15-5-3-4-6-16(15)30-2)18(25-20(23-12)21-11-22-25)13-7-9-14(10-8-13)26(28)29/h3-11,18H,1-2H3,(H,24,27)(H,21,22,23)/t18-/m1/s1. The summed E-state index contributed by atoms with van der Waals surface area (Å²) in [6.45, 7) is 1.77. The summed E-state index contributed by atoms with van der Waals surface area (Å²) in [5, 5.41) is 21.2. The number of fused-ring (bicyclic) bond motifs is 1. The third-order valence-electron chi connectivity index (χ3n) is 4.81. The number of aromatic nitrogens is 3. The molecule has 2 N–H and O–H groups in total. The topological polar surface area (TPSA) is 124 Å². The van der Waals surface area contributed by atoms with E-state index in [9.17, 15) is 14.9 Å². The lowest BCUT2D eigenvalue weighted by molar-refractivity contribution is -0.384. The molecule has 0 unspecified atom stereocenters. The number of hydrogen-bond donors (Lipinski definition) is 2. The number of ether oxygens (including phenoxy) is 1. The Kier molecular flexibility index (Phi) is 4.88. The molecule has 1 amide bonds. The first kappa shape index (κ1) is 19.1. The Morgan fingerprint density at radius 3 is 2.67 bits per heavy atom. The number of para-hydroxylation sites is 2. The van der Waals surface area contributed by atoms with Gasteiger partial charge >= 0.3 is 0 Å². The van der Waals surface area contributed by atoms with Crippen LogP contribution in [0.15, 0.2) is 66.1 Å². The smallest absolute Gasteiger partial charge is 0.269 e. The second-order valence-corrected chi connectivity index (χ2v) is 6.60. The SMILES string of the molecule is COc1ccccc1NC(=O)C1=C(C)Nc2ncnn2[C@@H]1c1ccc([N+](=O)[O-])cc1. The molecule has 0 aliphatic carbocycles. The Bertz CT molecular complexity index is 1150. The lowest BCUT2D eigenvalue weighted by Crippen LogP contribution is -2.31. The van der Waals surface area contributed by atoms with Crippen molar-refractivity contribution in [3.05, 3.63) is 81.8 Å². The lowest BCUT2D eigenvalue weighted by atomic mass is 9.95. The molecule has 1 atom stereocenters. The quantitative estimate of drug-likeness (QED) is 0.493. The summed E-state index contributed by atoms with van der Waals surface area (Å²) in [6, 6.07) is 12.5. The summed E-state index contributed by atoms with van der Waals surface area (Å²) in [4.78, 5) is 28.0. The van der Waals surface area contributed by atoms with E-state index in [0.717, 1.165) is 0 Å². The molecule has 0 bridgehead atoms. The van der Waals surface area contributed by atoms with E-state index in [1.54, 1.807) is 41.9 Å². The summed E-state index contributed by atoms with van der Waals surface area (Å²) in [7, 11) is 1.53. The second-order valence-electron chi connectivity index (χ2n) is 6.60. The average Bonchev–Trinajstić information content (AvgIpc) is 3.21. The molecule has 1 aliphatic rings. The fraction of sp³-hybridized carbons (Fsp3) is 0.150. The van der Waals surface area contributed by atoms with Gasteiger partial charge in [-0.1, -0.05) is 12.1 Å². The number of anilines is 2. The van der Waals surface area contributed by atoms with Crippen LogP contribution >= 0.6 is 0 Å². The molecule has 1 aliphatic heterocycles. The predicted octanol–water partition coefficient (Wildman–Crippen LogP) is 3.12. The van der Waals surface area contributed by atoms with Gasteiger partial charge in [-0.15, -0.1) is 0 Å². The minimum Gasteiger partial charge on any atom is -0.495 e. The zero-order valence-electron chi connectivity index (χ0n) is 16.2. The summed E-state index contributed by atoms with van der Waals surface area (Å²) in [6.07, 6.45) is 1.38. The first-order valence-electron chi connectivity index (χ1n) is 9.05. The summed E-state index contributed by atoms with van der Waals surface area (Å²) >= 11 is 0. The van der Waals surface area contributed by atoms with Crippen molar-refractivity contribution in [1.29, 1.82) is 0 Å². The van der Waals surface area contributed by atoms with Crippen molar-refractivity contribution in [2.75, 3.05) is 17.7 Å². The number of allylic oxidation sites excluding steroid dienone is 1. The molecule has 0 fully saturated rings. The van der Waals surface area contributed by atoms with E-state index in [4.69, 9.17) is 4.74 Å². The first-order chi connectivity index (χ1) is 14.5. The number of methoxy groups -OCH3 is 1. The van der Waals surface area contributed by atoms with Crippen LogP contribution in [-0.4, -0.2) is 32.7 Å². The molecule has 10 nitrogen and oxygen atoms in total. The van der Waals surface area contributed by atoms with Gasteiger partial charge in [0.15, 0.2) is 0 Å². The van der Waals surface area contributed by atoms with E-state index in [1.165, 1.54) is 25.6 Å². The maximum Gasteiger partial charge on any atom is 0.269 e. The number of amides is 1. The van der Waals surface area contributed by atoms with Crippen LogP contribution in [0.4, 0.5) is 17.3 Å². The fourth-order valence-electron chi connectivity index (χ4n) is 3.41. The number of non-ortho nitro benzene ring substituents is 1. The van der Waals surface area contributed by atoms with Gasteiger partial charge in [-0.05, 0) is 36.8 Å².